The highest BCUT2D eigenvalue weighted by molar-refractivity contribution is 6.00. The van der Waals surface area contributed by atoms with Crippen molar-refractivity contribution < 1.29 is 0 Å². The van der Waals surface area contributed by atoms with Gasteiger partial charge in [0.05, 0.1) is 11.0 Å². The minimum Gasteiger partial charge on any atom is -0.335 e. The molecule has 0 aliphatic carbocycles. The van der Waals surface area contributed by atoms with Crippen molar-refractivity contribution in [1.29, 1.82) is 0 Å². The monoisotopic (exact) mass is 361 g/mol. The lowest BCUT2D eigenvalue weighted by Gasteiger charge is -2.18. The first kappa shape index (κ1) is 16.5. The van der Waals surface area contributed by atoms with Gasteiger partial charge in [0.2, 0.25) is 0 Å². The van der Waals surface area contributed by atoms with Crippen molar-refractivity contribution in [3.63, 3.8) is 0 Å². The summed E-state index contributed by atoms with van der Waals surface area (Å²) in [5, 5.41) is 1.52. The third kappa shape index (κ3) is 2.71. The van der Waals surface area contributed by atoms with E-state index in [0.29, 0.717) is 6.54 Å². The van der Waals surface area contributed by atoms with Crippen LogP contribution in [0.1, 0.15) is 5.56 Å². The Bertz CT molecular complexity index is 1340. The van der Waals surface area contributed by atoms with Crippen LogP contribution in [0.5, 0.6) is 0 Å². The van der Waals surface area contributed by atoms with Crippen molar-refractivity contribution in [3.8, 4) is 11.1 Å². The van der Waals surface area contributed by atoms with E-state index < -0.39 is 0 Å². The molecule has 0 radical (unpaired) electrons. The van der Waals surface area contributed by atoms with Crippen LogP contribution in [-0.4, -0.2) is 4.57 Å². The van der Waals surface area contributed by atoms with Gasteiger partial charge in [-0.3, -0.25) is 4.79 Å². The molecule has 0 fully saturated rings. The molecule has 2 heteroatoms. The zero-order chi connectivity index (χ0) is 18.9. The summed E-state index contributed by atoms with van der Waals surface area (Å²) in [5.41, 5.74) is 5.45. The van der Waals surface area contributed by atoms with Crippen molar-refractivity contribution >= 4 is 21.8 Å². The second kappa shape index (κ2) is 6.82. The van der Waals surface area contributed by atoms with Crippen LogP contribution in [0, 0.1) is 0 Å². The summed E-state index contributed by atoms with van der Waals surface area (Å²) in [6.45, 7) is 0.710. The number of nitrogens with zero attached hydrogens (tertiary/aromatic N) is 1. The van der Waals surface area contributed by atoms with Gasteiger partial charge in [-0.1, -0.05) is 84.9 Å². The molecule has 0 unspecified atom stereocenters. The lowest BCUT2D eigenvalue weighted by molar-refractivity contribution is 0.863. The SMILES string of the molecule is O=c1c2ccccc2n(Cc2ccccc2)c2c(-c3ccccc3)cccc12. The minimum atomic E-state index is 0.0905. The van der Waals surface area contributed by atoms with E-state index >= 15 is 0 Å². The number of benzene rings is 4. The topological polar surface area (TPSA) is 22.0 Å². The van der Waals surface area contributed by atoms with Gasteiger partial charge in [0, 0.05) is 22.9 Å². The van der Waals surface area contributed by atoms with E-state index in [4.69, 9.17) is 0 Å². The molecule has 2 nitrogen and oxygen atoms in total. The Labute approximate surface area is 163 Å². The largest absolute Gasteiger partial charge is 0.335 e. The van der Waals surface area contributed by atoms with Crippen molar-refractivity contribution in [1.82, 2.24) is 4.57 Å². The van der Waals surface area contributed by atoms with Gasteiger partial charge < -0.3 is 4.57 Å². The maximum Gasteiger partial charge on any atom is 0.197 e. The second-order valence-electron chi connectivity index (χ2n) is 6.99. The predicted molar refractivity (Wildman–Crippen MR) is 117 cm³/mol. The van der Waals surface area contributed by atoms with Gasteiger partial charge in [-0.05, 0) is 29.3 Å². The first-order valence-electron chi connectivity index (χ1n) is 9.46. The van der Waals surface area contributed by atoms with Crippen LogP contribution in [0.15, 0.2) is 108 Å². The number of pyridine rings is 1. The van der Waals surface area contributed by atoms with Crippen LogP contribution in [0.2, 0.25) is 0 Å². The molecule has 0 saturated heterocycles. The highest BCUT2D eigenvalue weighted by Gasteiger charge is 2.14. The summed E-state index contributed by atoms with van der Waals surface area (Å²) in [5.74, 6) is 0. The highest BCUT2D eigenvalue weighted by atomic mass is 16.1. The Kier molecular flexibility index (Phi) is 4.02. The standard InChI is InChI=1S/C26H19NO/c28-26-22-14-7-8-17-24(22)27(18-19-10-3-1-4-11-19)25-21(15-9-16-23(25)26)20-12-5-2-6-13-20/h1-17H,18H2. The van der Waals surface area contributed by atoms with Crippen molar-refractivity contribution in [3.05, 3.63) is 119 Å². The lowest BCUT2D eigenvalue weighted by atomic mass is 9.99. The van der Waals surface area contributed by atoms with Gasteiger partial charge in [-0.25, -0.2) is 0 Å². The van der Waals surface area contributed by atoms with E-state index in [-0.39, 0.29) is 5.43 Å². The summed E-state index contributed by atoms with van der Waals surface area (Å²) in [7, 11) is 0. The number of aromatic nitrogens is 1. The average molecular weight is 361 g/mol. The smallest absolute Gasteiger partial charge is 0.197 e. The van der Waals surface area contributed by atoms with Crippen LogP contribution in [0.3, 0.4) is 0 Å². The van der Waals surface area contributed by atoms with E-state index in [0.717, 1.165) is 32.9 Å². The van der Waals surface area contributed by atoms with Crippen LogP contribution in [0.4, 0.5) is 0 Å². The van der Waals surface area contributed by atoms with Gasteiger partial charge >= 0.3 is 0 Å². The maximum absolute atomic E-state index is 13.3. The fraction of sp³-hybridized carbons (Fsp3) is 0.0385. The molecular weight excluding hydrogens is 342 g/mol. The number of hydrogen-bond acceptors (Lipinski definition) is 1. The molecular formula is C26H19NO. The van der Waals surface area contributed by atoms with Crippen molar-refractivity contribution in [2.75, 3.05) is 0 Å². The number of hydrogen-bond donors (Lipinski definition) is 0. The molecule has 0 amide bonds. The first-order chi connectivity index (χ1) is 13.8. The molecule has 0 aliphatic heterocycles. The van der Waals surface area contributed by atoms with Gasteiger partial charge in [0.1, 0.15) is 0 Å². The maximum atomic E-state index is 13.3. The molecule has 0 N–H and O–H groups in total. The zero-order valence-electron chi connectivity index (χ0n) is 15.4. The third-order valence-electron chi connectivity index (χ3n) is 5.26. The van der Waals surface area contributed by atoms with Crippen molar-refractivity contribution in [2.24, 2.45) is 0 Å². The Morgan fingerprint density at radius 3 is 2.04 bits per heavy atom. The highest BCUT2D eigenvalue weighted by Crippen LogP contribution is 2.30. The molecule has 134 valence electrons. The van der Waals surface area contributed by atoms with Gasteiger partial charge in [0.25, 0.3) is 0 Å². The summed E-state index contributed by atoms with van der Waals surface area (Å²) in [6, 6.07) is 34.6. The van der Waals surface area contributed by atoms with Crippen LogP contribution >= 0.6 is 0 Å². The van der Waals surface area contributed by atoms with Gasteiger partial charge in [0.15, 0.2) is 5.43 Å². The summed E-state index contributed by atoms with van der Waals surface area (Å²) in [4.78, 5) is 13.3. The fourth-order valence-corrected chi connectivity index (χ4v) is 3.96. The number of para-hydroxylation sites is 2. The van der Waals surface area contributed by atoms with E-state index in [2.05, 4.69) is 47.0 Å². The Morgan fingerprint density at radius 1 is 0.607 bits per heavy atom. The van der Waals surface area contributed by atoms with Gasteiger partial charge in [-0.15, -0.1) is 0 Å². The van der Waals surface area contributed by atoms with Crippen LogP contribution < -0.4 is 5.43 Å². The van der Waals surface area contributed by atoms with Crippen LogP contribution in [0.25, 0.3) is 32.9 Å². The molecule has 0 aliphatic rings. The van der Waals surface area contributed by atoms with E-state index in [1.165, 1.54) is 5.56 Å². The van der Waals surface area contributed by atoms with Gasteiger partial charge in [-0.2, -0.15) is 0 Å². The summed E-state index contributed by atoms with van der Waals surface area (Å²) < 4.78 is 2.28. The normalized spacial score (nSPS) is 11.1. The zero-order valence-corrected chi connectivity index (χ0v) is 15.4. The van der Waals surface area contributed by atoms with E-state index in [1.807, 2.05) is 60.7 Å². The molecule has 5 aromatic rings. The average Bonchev–Trinajstić information content (AvgIpc) is 2.77. The quantitative estimate of drug-likeness (QED) is 0.368. The Hall–Kier alpha value is -3.65. The molecule has 1 heterocycles. The molecule has 0 saturated carbocycles. The number of rotatable bonds is 3. The number of fused-ring (bicyclic) bond motifs is 2. The molecule has 28 heavy (non-hydrogen) atoms. The Balaban J connectivity index is 1.93. The van der Waals surface area contributed by atoms with Crippen molar-refractivity contribution in [2.45, 2.75) is 6.54 Å². The lowest BCUT2D eigenvalue weighted by Crippen LogP contribution is -2.13. The molecule has 0 spiro atoms. The second-order valence-corrected chi connectivity index (χ2v) is 6.99. The molecule has 1 aromatic heterocycles. The first-order valence-corrected chi connectivity index (χ1v) is 9.46. The van der Waals surface area contributed by atoms with Crippen LogP contribution in [-0.2, 0) is 6.54 Å². The molecule has 5 rings (SSSR count). The summed E-state index contributed by atoms with van der Waals surface area (Å²) in [6.07, 6.45) is 0. The molecule has 0 bridgehead atoms. The fourth-order valence-electron chi connectivity index (χ4n) is 3.96. The molecule has 0 atom stereocenters. The minimum absolute atomic E-state index is 0.0905. The van der Waals surface area contributed by atoms with E-state index in [1.54, 1.807) is 0 Å². The predicted octanol–water partition coefficient (Wildman–Crippen LogP) is 5.87. The van der Waals surface area contributed by atoms with E-state index in [9.17, 15) is 4.79 Å². The third-order valence-corrected chi connectivity index (χ3v) is 5.26. The Morgan fingerprint density at radius 2 is 1.25 bits per heavy atom. The summed E-state index contributed by atoms with van der Waals surface area (Å²) >= 11 is 0. The molecule has 4 aromatic carbocycles.